The lowest BCUT2D eigenvalue weighted by Crippen LogP contribution is -2.25. The number of oxazole rings is 1. The van der Waals surface area contributed by atoms with Crippen LogP contribution < -0.4 is 14.8 Å². The van der Waals surface area contributed by atoms with Crippen LogP contribution in [-0.4, -0.2) is 27.2 Å². The number of aromatic nitrogens is 3. The number of amides is 1. The number of carbonyl (C=O) groups excluding carboxylic acids is 1. The highest BCUT2D eigenvalue weighted by atomic mass is 35.5. The minimum atomic E-state index is -3.76. The lowest BCUT2D eigenvalue weighted by molar-refractivity contribution is -0.286. The molecule has 0 radical (unpaired) electrons. The van der Waals surface area contributed by atoms with Gasteiger partial charge in [0.1, 0.15) is 0 Å². The minimum Gasteiger partial charge on any atom is -0.431 e. The van der Waals surface area contributed by atoms with E-state index in [-0.39, 0.29) is 33.8 Å². The fourth-order valence-corrected chi connectivity index (χ4v) is 3.43. The fraction of sp³-hybridized carbons (Fsp3) is 0.0909. The molecule has 0 atom stereocenters. The second-order valence-electron chi connectivity index (χ2n) is 6.99. The molecule has 2 aromatic heterocycles. The van der Waals surface area contributed by atoms with Crippen molar-refractivity contribution < 1.29 is 27.5 Å². The predicted octanol–water partition coefficient (Wildman–Crippen LogP) is 5.33. The van der Waals surface area contributed by atoms with Gasteiger partial charge in [-0.3, -0.25) is 9.78 Å². The molecule has 5 rings (SSSR count). The smallest absolute Gasteiger partial charge is 0.431 e. The third-order valence-electron chi connectivity index (χ3n) is 4.68. The van der Waals surface area contributed by atoms with Gasteiger partial charge in [-0.05, 0) is 25.1 Å². The van der Waals surface area contributed by atoms with Crippen molar-refractivity contribution in [3.05, 3.63) is 71.3 Å². The Hall–Kier alpha value is -4.05. The highest BCUT2D eigenvalue weighted by molar-refractivity contribution is 6.33. The normalized spacial score (nSPS) is 13.7. The molecule has 0 unspecified atom stereocenters. The van der Waals surface area contributed by atoms with Gasteiger partial charge in [-0.1, -0.05) is 29.8 Å². The highest BCUT2D eigenvalue weighted by Gasteiger charge is 2.44. The molecule has 166 valence electrons. The van der Waals surface area contributed by atoms with E-state index in [4.69, 9.17) is 16.0 Å². The van der Waals surface area contributed by atoms with Crippen LogP contribution in [0.15, 0.2) is 59.3 Å². The largest absolute Gasteiger partial charge is 0.586 e. The number of ether oxygens (including phenoxy) is 2. The zero-order valence-corrected chi connectivity index (χ0v) is 17.6. The van der Waals surface area contributed by atoms with Gasteiger partial charge in [0.25, 0.3) is 5.91 Å². The molecule has 0 fully saturated rings. The first-order chi connectivity index (χ1) is 15.8. The number of nitrogens with one attached hydrogen (secondary N) is 1. The third kappa shape index (κ3) is 4.08. The number of aryl methyl sites for hydroxylation is 1. The van der Waals surface area contributed by atoms with Crippen LogP contribution in [0, 0.1) is 6.92 Å². The standard InChI is InChI=1S/C22H13ClF2N4O4/c1-11-19(31-21(28-11)12-5-3-2-4-6-12)20(30)29-18-10-26-15(9-27-18)13-7-16-17(8-14(13)23)33-22(24,25)32-16/h2-10H,1H3,(H,27,29,30). The predicted molar refractivity (Wildman–Crippen MR) is 113 cm³/mol. The minimum absolute atomic E-state index is 0.0412. The summed E-state index contributed by atoms with van der Waals surface area (Å²) in [6, 6.07) is 11.7. The number of nitrogens with zero attached hydrogens (tertiary/aromatic N) is 3. The van der Waals surface area contributed by atoms with E-state index in [1.807, 2.05) is 30.3 Å². The SMILES string of the molecule is Cc1nc(-c2ccccc2)oc1C(=O)Nc1cnc(-c2cc3c(cc2Cl)OC(F)(F)O3)cn1. The molecule has 0 aliphatic carbocycles. The molecule has 3 heterocycles. The van der Waals surface area contributed by atoms with Crippen molar-refractivity contribution in [3.8, 4) is 34.2 Å². The molecule has 1 amide bonds. The summed E-state index contributed by atoms with van der Waals surface area (Å²) in [6.45, 7) is 1.66. The topological polar surface area (TPSA) is 99.4 Å². The van der Waals surface area contributed by atoms with Crippen LogP contribution in [0.4, 0.5) is 14.6 Å². The summed E-state index contributed by atoms with van der Waals surface area (Å²) in [4.78, 5) is 25.3. The first-order valence-corrected chi connectivity index (χ1v) is 9.93. The first-order valence-electron chi connectivity index (χ1n) is 9.55. The average Bonchev–Trinajstić information content (AvgIpc) is 3.32. The van der Waals surface area contributed by atoms with Crippen LogP contribution in [0.2, 0.25) is 5.02 Å². The number of rotatable bonds is 4. The van der Waals surface area contributed by atoms with Gasteiger partial charge in [0.15, 0.2) is 17.3 Å². The maximum Gasteiger partial charge on any atom is 0.586 e. The van der Waals surface area contributed by atoms with Gasteiger partial charge in [0.2, 0.25) is 11.7 Å². The molecule has 1 aliphatic heterocycles. The summed E-state index contributed by atoms with van der Waals surface area (Å²) in [5.41, 5.74) is 1.74. The molecule has 0 spiro atoms. The van der Waals surface area contributed by atoms with E-state index < -0.39 is 12.2 Å². The summed E-state index contributed by atoms with van der Waals surface area (Å²) >= 11 is 6.17. The molecule has 33 heavy (non-hydrogen) atoms. The number of hydrogen-bond donors (Lipinski definition) is 1. The molecule has 8 nitrogen and oxygen atoms in total. The van der Waals surface area contributed by atoms with Crippen molar-refractivity contribution in [3.63, 3.8) is 0 Å². The van der Waals surface area contributed by atoms with Gasteiger partial charge in [0, 0.05) is 17.2 Å². The maximum absolute atomic E-state index is 13.3. The van der Waals surface area contributed by atoms with Crippen molar-refractivity contribution in [1.82, 2.24) is 15.0 Å². The van der Waals surface area contributed by atoms with Gasteiger partial charge in [-0.25, -0.2) is 9.97 Å². The number of halogens is 3. The van der Waals surface area contributed by atoms with E-state index in [2.05, 4.69) is 29.7 Å². The van der Waals surface area contributed by atoms with Crippen LogP contribution in [0.5, 0.6) is 11.5 Å². The van der Waals surface area contributed by atoms with E-state index in [1.165, 1.54) is 24.5 Å². The Morgan fingerprint density at radius 3 is 2.48 bits per heavy atom. The second kappa shape index (κ2) is 7.82. The van der Waals surface area contributed by atoms with Crippen molar-refractivity contribution >= 4 is 23.3 Å². The average molecular weight is 471 g/mol. The lowest BCUT2D eigenvalue weighted by Gasteiger charge is -2.07. The second-order valence-corrected chi connectivity index (χ2v) is 7.39. The van der Waals surface area contributed by atoms with E-state index in [1.54, 1.807) is 6.92 Å². The molecule has 2 aromatic carbocycles. The Kier molecular flexibility index (Phi) is 4.94. The monoisotopic (exact) mass is 470 g/mol. The van der Waals surface area contributed by atoms with Gasteiger partial charge in [-0.2, -0.15) is 0 Å². The Bertz CT molecular complexity index is 1360. The number of alkyl halides is 2. The van der Waals surface area contributed by atoms with Crippen molar-refractivity contribution in [2.24, 2.45) is 0 Å². The number of benzene rings is 2. The van der Waals surface area contributed by atoms with Crippen molar-refractivity contribution in [1.29, 1.82) is 0 Å². The Morgan fingerprint density at radius 2 is 1.79 bits per heavy atom. The zero-order chi connectivity index (χ0) is 23.2. The lowest BCUT2D eigenvalue weighted by atomic mass is 10.1. The molecule has 1 aliphatic rings. The molecule has 11 heteroatoms. The molecule has 0 saturated carbocycles. The summed E-state index contributed by atoms with van der Waals surface area (Å²) in [6.07, 6.45) is -1.13. The molecule has 0 saturated heterocycles. The quantitative estimate of drug-likeness (QED) is 0.430. The van der Waals surface area contributed by atoms with Gasteiger partial charge < -0.3 is 19.2 Å². The van der Waals surface area contributed by atoms with Crippen LogP contribution in [0.1, 0.15) is 16.2 Å². The zero-order valence-electron chi connectivity index (χ0n) is 16.8. The van der Waals surface area contributed by atoms with Crippen molar-refractivity contribution in [2.75, 3.05) is 5.32 Å². The molecule has 1 N–H and O–H groups in total. The molecule has 0 bridgehead atoms. The molecular weight excluding hydrogens is 458 g/mol. The fourth-order valence-electron chi connectivity index (χ4n) is 3.18. The maximum atomic E-state index is 13.3. The number of anilines is 1. The van der Waals surface area contributed by atoms with Crippen LogP contribution >= 0.6 is 11.6 Å². The highest BCUT2D eigenvalue weighted by Crippen LogP contribution is 2.45. The van der Waals surface area contributed by atoms with E-state index >= 15 is 0 Å². The Balaban J connectivity index is 1.34. The van der Waals surface area contributed by atoms with Gasteiger partial charge in [-0.15, -0.1) is 8.78 Å². The van der Waals surface area contributed by atoms with E-state index in [0.29, 0.717) is 17.1 Å². The summed E-state index contributed by atoms with van der Waals surface area (Å²) < 4.78 is 41.0. The van der Waals surface area contributed by atoms with Crippen LogP contribution in [0.3, 0.4) is 0 Å². The van der Waals surface area contributed by atoms with Crippen LogP contribution in [-0.2, 0) is 0 Å². The number of hydrogen-bond acceptors (Lipinski definition) is 7. The van der Waals surface area contributed by atoms with E-state index in [0.717, 1.165) is 5.56 Å². The summed E-state index contributed by atoms with van der Waals surface area (Å²) in [5, 5.41) is 2.70. The summed E-state index contributed by atoms with van der Waals surface area (Å²) in [7, 11) is 0. The molecular formula is C22H13ClF2N4O4. The molecule has 4 aromatic rings. The summed E-state index contributed by atoms with van der Waals surface area (Å²) in [5.74, 6) is -0.393. The van der Waals surface area contributed by atoms with Crippen LogP contribution in [0.25, 0.3) is 22.7 Å². The third-order valence-corrected chi connectivity index (χ3v) is 5.00. The van der Waals surface area contributed by atoms with Gasteiger partial charge in [0.05, 0.1) is 28.8 Å². The Labute approximate surface area is 190 Å². The van der Waals surface area contributed by atoms with Gasteiger partial charge >= 0.3 is 6.29 Å². The Morgan fingerprint density at radius 1 is 1.06 bits per heavy atom. The number of fused-ring (bicyclic) bond motifs is 1. The first kappa shape index (κ1) is 20.8. The number of carbonyl (C=O) groups is 1. The van der Waals surface area contributed by atoms with Crippen molar-refractivity contribution in [2.45, 2.75) is 13.2 Å². The van der Waals surface area contributed by atoms with E-state index in [9.17, 15) is 13.6 Å².